The lowest BCUT2D eigenvalue weighted by Gasteiger charge is -2.29. The van der Waals surface area contributed by atoms with Crippen LogP contribution in [0.15, 0.2) is 41.3 Å². The first-order chi connectivity index (χ1) is 14.2. The number of hydrogen-bond donors (Lipinski definition) is 2. The molecule has 30 heavy (non-hydrogen) atoms. The van der Waals surface area contributed by atoms with Crippen molar-refractivity contribution < 1.29 is 27.9 Å². The Labute approximate surface area is 179 Å². The number of carboxylic acids is 1. The van der Waals surface area contributed by atoms with Crippen molar-refractivity contribution in [2.75, 3.05) is 41.3 Å². The molecule has 3 rings (SSSR count). The van der Waals surface area contributed by atoms with Gasteiger partial charge in [0, 0.05) is 30.3 Å². The van der Waals surface area contributed by atoms with E-state index in [0.717, 1.165) is 24.6 Å². The SMILES string of the molecule is COC(=O)c1ccc(C)c(S(=O)(=O)Nc2ccc(N3CCSCC3)c(C(=O)O)c2)c1. The standard InChI is InChI=1S/C20H22N2O6S2/c1-13-3-4-14(20(25)28-2)11-18(13)30(26,27)21-15-5-6-17(16(12-15)19(23)24)22-7-9-29-10-8-22/h3-6,11-12,21H,7-10H2,1-2H3,(H,23,24). The number of methoxy groups -OCH3 is 1. The van der Waals surface area contributed by atoms with Gasteiger partial charge < -0.3 is 14.7 Å². The summed E-state index contributed by atoms with van der Waals surface area (Å²) in [6.45, 7) is 3.07. The van der Waals surface area contributed by atoms with Gasteiger partial charge in [0.05, 0.1) is 28.8 Å². The lowest BCUT2D eigenvalue weighted by Crippen LogP contribution is -2.33. The molecule has 1 aliphatic heterocycles. The molecule has 2 aromatic rings. The molecule has 10 heteroatoms. The number of benzene rings is 2. The first-order valence-corrected chi connectivity index (χ1v) is 11.8. The van der Waals surface area contributed by atoms with E-state index in [1.807, 2.05) is 16.7 Å². The maximum atomic E-state index is 12.9. The monoisotopic (exact) mass is 450 g/mol. The highest BCUT2D eigenvalue weighted by Crippen LogP contribution is 2.28. The molecule has 8 nitrogen and oxygen atoms in total. The van der Waals surface area contributed by atoms with Gasteiger partial charge in [-0.3, -0.25) is 4.72 Å². The van der Waals surface area contributed by atoms with Gasteiger partial charge in [0.25, 0.3) is 10.0 Å². The summed E-state index contributed by atoms with van der Waals surface area (Å²) in [4.78, 5) is 25.5. The summed E-state index contributed by atoms with van der Waals surface area (Å²) in [6, 6.07) is 8.71. The summed E-state index contributed by atoms with van der Waals surface area (Å²) in [7, 11) is -2.84. The Morgan fingerprint density at radius 3 is 2.47 bits per heavy atom. The molecule has 0 aromatic heterocycles. The van der Waals surface area contributed by atoms with E-state index in [1.165, 1.54) is 31.4 Å². The van der Waals surface area contributed by atoms with Crippen molar-refractivity contribution in [3.63, 3.8) is 0 Å². The number of carbonyl (C=O) groups is 2. The molecule has 0 aliphatic carbocycles. The number of ether oxygens (including phenoxy) is 1. The Kier molecular flexibility index (Phi) is 6.57. The van der Waals surface area contributed by atoms with Crippen LogP contribution in [0.1, 0.15) is 26.3 Å². The molecule has 0 bridgehead atoms. The molecular formula is C20H22N2O6S2. The van der Waals surface area contributed by atoms with Crippen LogP contribution in [0, 0.1) is 6.92 Å². The number of aromatic carboxylic acids is 1. The molecule has 0 spiro atoms. The minimum Gasteiger partial charge on any atom is -0.478 e. The normalized spacial score (nSPS) is 14.3. The van der Waals surface area contributed by atoms with E-state index < -0.39 is 22.0 Å². The number of esters is 1. The number of nitrogens with one attached hydrogen (secondary N) is 1. The smallest absolute Gasteiger partial charge is 0.337 e. The van der Waals surface area contributed by atoms with Crippen LogP contribution in [0.2, 0.25) is 0 Å². The average molecular weight is 451 g/mol. The molecule has 0 amide bonds. The zero-order valence-corrected chi connectivity index (χ0v) is 18.2. The summed E-state index contributed by atoms with van der Waals surface area (Å²) in [5.74, 6) is 0.0313. The van der Waals surface area contributed by atoms with Gasteiger partial charge in [-0.2, -0.15) is 11.8 Å². The third-order valence-electron chi connectivity index (χ3n) is 4.73. The van der Waals surface area contributed by atoms with Gasteiger partial charge in [0.2, 0.25) is 0 Å². The predicted molar refractivity (Wildman–Crippen MR) is 116 cm³/mol. The van der Waals surface area contributed by atoms with Gasteiger partial charge in [0.1, 0.15) is 0 Å². The van der Waals surface area contributed by atoms with Gasteiger partial charge in [-0.05, 0) is 42.8 Å². The predicted octanol–water partition coefficient (Wildman–Crippen LogP) is 2.83. The fourth-order valence-electron chi connectivity index (χ4n) is 3.20. The van der Waals surface area contributed by atoms with Gasteiger partial charge >= 0.3 is 11.9 Å². The molecule has 2 aromatic carbocycles. The van der Waals surface area contributed by atoms with E-state index in [-0.39, 0.29) is 21.7 Å². The van der Waals surface area contributed by atoms with Crippen LogP contribution >= 0.6 is 11.8 Å². The molecule has 0 atom stereocenters. The number of nitrogens with zero attached hydrogens (tertiary/aromatic N) is 1. The topological polar surface area (TPSA) is 113 Å². The van der Waals surface area contributed by atoms with E-state index in [9.17, 15) is 23.1 Å². The van der Waals surface area contributed by atoms with Crippen molar-refractivity contribution in [3.8, 4) is 0 Å². The molecule has 160 valence electrons. The quantitative estimate of drug-likeness (QED) is 0.646. The molecule has 0 unspecified atom stereocenters. The minimum absolute atomic E-state index is 0.0298. The van der Waals surface area contributed by atoms with Crippen LogP contribution < -0.4 is 9.62 Å². The van der Waals surface area contributed by atoms with E-state index in [4.69, 9.17) is 0 Å². The fourth-order valence-corrected chi connectivity index (χ4v) is 5.42. The van der Waals surface area contributed by atoms with Crippen LogP contribution in [0.5, 0.6) is 0 Å². The van der Waals surface area contributed by atoms with Crippen LogP contribution in [0.4, 0.5) is 11.4 Å². The second-order valence-electron chi connectivity index (χ2n) is 6.71. The number of carboxylic acid groups (broad SMARTS) is 1. The first-order valence-electron chi connectivity index (χ1n) is 9.15. The zero-order valence-electron chi connectivity index (χ0n) is 16.5. The van der Waals surface area contributed by atoms with E-state index in [2.05, 4.69) is 9.46 Å². The van der Waals surface area contributed by atoms with E-state index >= 15 is 0 Å². The second-order valence-corrected chi connectivity index (χ2v) is 9.59. The molecule has 2 N–H and O–H groups in total. The number of carbonyl (C=O) groups excluding carboxylic acids is 1. The Morgan fingerprint density at radius 1 is 1.13 bits per heavy atom. The van der Waals surface area contributed by atoms with Crippen LogP contribution in [0.25, 0.3) is 0 Å². The molecule has 1 heterocycles. The van der Waals surface area contributed by atoms with E-state index in [0.29, 0.717) is 11.3 Å². The number of rotatable bonds is 6. The summed E-state index contributed by atoms with van der Waals surface area (Å²) < 4.78 is 32.9. The van der Waals surface area contributed by atoms with Crippen LogP contribution in [-0.2, 0) is 14.8 Å². The van der Waals surface area contributed by atoms with Crippen molar-refractivity contribution in [2.45, 2.75) is 11.8 Å². The number of sulfonamides is 1. The molecule has 0 radical (unpaired) electrons. The van der Waals surface area contributed by atoms with Crippen LogP contribution in [0.3, 0.4) is 0 Å². The zero-order chi connectivity index (χ0) is 21.9. The molecule has 1 fully saturated rings. The summed E-state index contributed by atoms with van der Waals surface area (Å²) in [5, 5.41) is 9.64. The van der Waals surface area contributed by atoms with Crippen molar-refractivity contribution in [1.29, 1.82) is 0 Å². The molecule has 1 aliphatic rings. The lowest BCUT2D eigenvalue weighted by atomic mass is 10.1. The maximum absolute atomic E-state index is 12.9. The Morgan fingerprint density at radius 2 is 1.83 bits per heavy atom. The Balaban J connectivity index is 1.94. The van der Waals surface area contributed by atoms with Crippen molar-refractivity contribution in [1.82, 2.24) is 0 Å². The first kappa shape index (κ1) is 22.0. The van der Waals surface area contributed by atoms with Gasteiger partial charge in [0.15, 0.2) is 0 Å². The van der Waals surface area contributed by atoms with Crippen molar-refractivity contribution in [3.05, 3.63) is 53.1 Å². The number of anilines is 2. The highest BCUT2D eigenvalue weighted by Gasteiger charge is 2.23. The average Bonchev–Trinajstić information content (AvgIpc) is 2.73. The Bertz CT molecular complexity index is 1080. The summed E-state index contributed by atoms with van der Waals surface area (Å²) >= 11 is 1.81. The minimum atomic E-state index is -4.06. The summed E-state index contributed by atoms with van der Waals surface area (Å²) in [5.41, 5.74) is 1.27. The van der Waals surface area contributed by atoms with E-state index in [1.54, 1.807) is 19.1 Å². The third-order valence-corrected chi connectivity index (χ3v) is 7.20. The fraction of sp³-hybridized carbons (Fsp3) is 0.300. The number of aryl methyl sites for hydroxylation is 1. The maximum Gasteiger partial charge on any atom is 0.337 e. The molecule has 0 saturated carbocycles. The third kappa shape index (κ3) is 4.71. The molecular weight excluding hydrogens is 428 g/mol. The van der Waals surface area contributed by atoms with Crippen molar-refractivity contribution >= 4 is 45.1 Å². The Hall–Kier alpha value is -2.72. The lowest BCUT2D eigenvalue weighted by molar-refractivity contribution is 0.0599. The largest absolute Gasteiger partial charge is 0.478 e. The number of thioether (sulfide) groups is 1. The highest BCUT2D eigenvalue weighted by molar-refractivity contribution is 7.99. The van der Waals surface area contributed by atoms with Gasteiger partial charge in [-0.25, -0.2) is 18.0 Å². The molecule has 1 saturated heterocycles. The second kappa shape index (κ2) is 8.97. The van der Waals surface area contributed by atoms with Gasteiger partial charge in [-0.1, -0.05) is 6.07 Å². The van der Waals surface area contributed by atoms with Crippen LogP contribution in [-0.4, -0.2) is 57.2 Å². The highest BCUT2D eigenvalue weighted by atomic mass is 32.2. The summed E-state index contributed by atoms with van der Waals surface area (Å²) in [6.07, 6.45) is 0. The van der Waals surface area contributed by atoms with Crippen molar-refractivity contribution in [2.24, 2.45) is 0 Å². The van der Waals surface area contributed by atoms with Gasteiger partial charge in [-0.15, -0.1) is 0 Å². The number of hydrogen-bond acceptors (Lipinski definition) is 7.